The van der Waals surface area contributed by atoms with Crippen molar-refractivity contribution in [1.82, 2.24) is 15.1 Å². The Kier molecular flexibility index (Phi) is 2.80. The van der Waals surface area contributed by atoms with Crippen LogP contribution in [0.1, 0.15) is 12.8 Å². The van der Waals surface area contributed by atoms with E-state index >= 15 is 0 Å². The lowest BCUT2D eigenvalue weighted by Gasteiger charge is -2.45. The highest BCUT2D eigenvalue weighted by Gasteiger charge is 2.35. The van der Waals surface area contributed by atoms with Gasteiger partial charge in [0, 0.05) is 24.4 Å². The molecule has 5 nitrogen and oxygen atoms in total. The number of nitrogens with one attached hydrogen (secondary N) is 1. The second-order valence-electron chi connectivity index (χ2n) is 5.88. The first-order valence-corrected chi connectivity index (χ1v) is 7.34. The van der Waals surface area contributed by atoms with E-state index in [0.717, 1.165) is 17.9 Å². The van der Waals surface area contributed by atoms with Crippen LogP contribution in [0, 0.1) is 5.92 Å². The highest BCUT2D eigenvalue weighted by Crippen LogP contribution is 2.28. The van der Waals surface area contributed by atoms with Crippen LogP contribution in [-0.4, -0.2) is 48.1 Å². The summed E-state index contributed by atoms with van der Waals surface area (Å²) in [6.45, 7) is 3.96. The number of urea groups is 1. The summed E-state index contributed by atoms with van der Waals surface area (Å²) >= 11 is 0. The average Bonchev–Trinajstić information content (AvgIpc) is 2.96. The molecule has 2 amide bonds. The quantitative estimate of drug-likeness (QED) is 0.786. The van der Waals surface area contributed by atoms with Gasteiger partial charge in [-0.1, -0.05) is 0 Å². The molecule has 3 fully saturated rings. The van der Waals surface area contributed by atoms with E-state index in [9.17, 15) is 4.79 Å². The van der Waals surface area contributed by atoms with Crippen LogP contribution in [0.25, 0.3) is 0 Å². The number of carbonyl (C=O) groups excluding carboxylic acids is 1. The molecule has 5 aliphatic heterocycles. The predicted molar refractivity (Wildman–Crippen MR) is 74.6 cm³/mol. The van der Waals surface area contributed by atoms with Crippen molar-refractivity contribution < 1.29 is 9.53 Å². The number of nitrogens with zero attached hydrogens (tertiary/aromatic N) is 2. The van der Waals surface area contributed by atoms with Gasteiger partial charge in [-0.15, -0.1) is 0 Å². The van der Waals surface area contributed by atoms with Crippen LogP contribution in [0.5, 0.6) is 0 Å². The SMILES string of the molecule is O=C(N[C@@H]1CN2CCC1CC2)N1C=CC2=CCOC2=C1. The molecule has 3 saturated heterocycles. The van der Waals surface area contributed by atoms with E-state index in [0.29, 0.717) is 18.6 Å². The van der Waals surface area contributed by atoms with Gasteiger partial charge in [0.25, 0.3) is 0 Å². The van der Waals surface area contributed by atoms with E-state index in [-0.39, 0.29) is 6.03 Å². The molecule has 0 aromatic carbocycles. The van der Waals surface area contributed by atoms with Crippen molar-refractivity contribution in [3.05, 3.63) is 35.9 Å². The van der Waals surface area contributed by atoms with Crippen LogP contribution in [0.3, 0.4) is 0 Å². The molecule has 0 aliphatic carbocycles. The molecule has 1 N–H and O–H groups in total. The Bertz CT molecular complexity index is 515. The zero-order valence-electron chi connectivity index (χ0n) is 11.4. The first-order valence-electron chi connectivity index (χ1n) is 7.34. The lowest BCUT2D eigenvalue weighted by Crippen LogP contribution is -2.58. The van der Waals surface area contributed by atoms with Crippen LogP contribution < -0.4 is 5.32 Å². The summed E-state index contributed by atoms with van der Waals surface area (Å²) in [4.78, 5) is 16.4. The highest BCUT2D eigenvalue weighted by molar-refractivity contribution is 5.77. The molecule has 0 aromatic rings. The number of allylic oxidation sites excluding steroid dienone is 1. The van der Waals surface area contributed by atoms with E-state index < -0.39 is 0 Å². The molecule has 0 radical (unpaired) electrons. The average molecular weight is 273 g/mol. The van der Waals surface area contributed by atoms with Crippen molar-refractivity contribution in [3.8, 4) is 0 Å². The van der Waals surface area contributed by atoms with Crippen LogP contribution in [0.2, 0.25) is 0 Å². The maximum Gasteiger partial charge on any atom is 0.325 e. The monoisotopic (exact) mass is 273 g/mol. The Balaban J connectivity index is 1.42. The van der Waals surface area contributed by atoms with Crippen molar-refractivity contribution in [2.75, 3.05) is 26.2 Å². The van der Waals surface area contributed by atoms with Crippen molar-refractivity contribution in [2.24, 2.45) is 5.92 Å². The number of piperidine rings is 3. The van der Waals surface area contributed by atoms with Crippen molar-refractivity contribution in [1.29, 1.82) is 0 Å². The number of fused-ring (bicyclic) bond motifs is 4. The fourth-order valence-electron chi connectivity index (χ4n) is 3.49. The minimum absolute atomic E-state index is 0.0537. The third-order valence-corrected chi connectivity index (χ3v) is 4.70. The third kappa shape index (κ3) is 2.02. The van der Waals surface area contributed by atoms with Gasteiger partial charge in [0.15, 0.2) is 0 Å². The van der Waals surface area contributed by atoms with Gasteiger partial charge in [0.2, 0.25) is 0 Å². The molecular formula is C15H19N3O2. The Hall–Kier alpha value is -1.75. The van der Waals surface area contributed by atoms with E-state index in [1.54, 1.807) is 17.3 Å². The van der Waals surface area contributed by atoms with Gasteiger partial charge in [-0.2, -0.15) is 0 Å². The molecule has 0 spiro atoms. The maximum atomic E-state index is 12.4. The summed E-state index contributed by atoms with van der Waals surface area (Å²) in [7, 11) is 0. The van der Waals surface area contributed by atoms with Gasteiger partial charge in [-0.05, 0) is 44.0 Å². The second-order valence-corrected chi connectivity index (χ2v) is 5.88. The minimum Gasteiger partial charge on any atom is -0.487 e. The van der Waals surface area contributed by atoms with E-state index in [1.165, 1.54) is 25.9 Å². The van der Waals surface area contributed by atoms with E-state index in [2.05, 4.69) is 10.2 Å². The Morgan fingerprint density at radius 3 is 2.95 bits per heavy atom. The van der Waals surface area contributed by atoms with Gasteiger partial charge in [-0.25, -0.2) is 4.79 Å². The smallest absolute Gasteiger partial charge is 0.325 e. The molecule has 0 aromatic heterocycles. The molecule has 0 unspecified atom stereocenters. The van der Waals surface area contributed by atoms with Gasteiger partial charge >= 0.3 is 6.03 Å². The van der Waals surface area contributed by atoms with Crippen molar-refractivity contribution >= 4 is 6.03 Å². The molecule has 1 atom stereocenters. The molecular weight excluding hydrogens is 254 g/mol. The summed E-state index contributed by atoms with van der Waals surface area (Å²) in [6.07, 6.45) is 9.94. The molecule has 5 heterocycles. The Morgan fingerprint density at radius 1 is 1.35 bits per heavy atom. The van der Waals surface area contributed by atoms with Gasteiger partial charge in [0.1, 0.15) is 12.4 Å². The number of rotatable bonds is 1. The van der Waals surface area contributed by atoms with Gasteiger partial charge in [-0.3, -0.25) is 4.90 Å². The summed E-state index contributed by atoms with van der Waals surface area (Å²) in [5.74, 6) is 1.43. The van der Waals surface area contributed by atoms with E-state index in [1.807, 2.05) is 12.2 Å². The van der Waals surface area contributed by atoms with Crippen LogP contribution >= 0.6 is 0 Å². The number of carbonyl (C=O) groups is 1. The number of ether oxygens (including phenoxy) is 1. The third-order valence-electron chi connectivity index (χ3n) is 4.70. The molecule has 2 bridgehead atoms. The Morgan fingerprint density at radius 2 is 2.20 bits per heavy atom. The molecule has 5 heteroatoms. The lowest BCUT2D eigenvalue weighted by atomic mass is 9.84. The normalized spacial score (nSPS) is 34.2. The predicted octanol–water partition coefficient (Wildman–Crippen LogP) is 1.42. The molecule has 5 aliphatic rings. The summed E-state index contributed by atoms with van der Waals surface area (Å²) in [6, 6.07) is 0.236. The van der Waals surface area contributed by atoms with Gasteiger partial charge < -0.3 is 15.0 Å². The second kappa shape index (κ2) is 4.66. The lowest BCUT2D eigenvalue weighted by molar-refractivity contribution is 0.0751. The Labute approximate surface area is 118 Å². The highest BCUT2D eigenvalue weighted by atomic mass is 16.5. The molecule has 0 saturated carbocycles. The molecule has 106 valence electrons. The van der Waals surface area contributed by atoms with Gasteiger partial charge in [0.05, 0.1) is 6.20 Å². The van der Waals surface area contributed by atoms with Crippen molar-refractivity contribution in [3.63, 3.8) is 0 Å². The van der Waals surface area contributed by atoms with Crippen LogP contribution in [0.4, 0.5) is 4.79 Å². The summed E-state index contributed by atoms with van der Waals surface area (Å²) in [5, 5.41) is 3.17. The largest absolute Gasteiger partial charge is 0.487 e. The first-order chi connectivity index (χ1) is 9.79. The van der Waals surface area contributed by atoms with Crippen LogP contribution in [0.15, 0.2) is 35.9 Å². The summed E-state index contributed by atoms with van der Waals surface area (Å²) < 4.78 is 5.46. The zero-order chi connectivity index (χ0) is 13.5. The zero-order valence-corrected chi connectivity index (χ0v) is 11.4. The fourth-order valence-corrected chi connectivity index (χ4v) is 3.49. The number of hydrogen-bond donors (Lipinski definition) is 1. The first kappa shape index (κ1) is 12.0. The van der Waals surface area contributed by atoms with Crippen LogP contribution in [-0.2, 0) is 4.74 Å². The summed E-state index contributed by atoms with van der Waals surface area (Å²) in [5.41, 5.74) is 1.07. The topological polar surface area (TPSA) is 44.8 Å². The number of amides is 2. The fraction of sp³-hybridized carbons (Fsp3) is 0.533. The minimum atomic E-state index is -0.0537. The molecule has 20 heavy (non-hydrogen) atoms. The molecule has 5 rings (SSSR count). The number of hydrogen-bond acceptors (Lipinski definition) is 3. The van der Waals surface area contributed by atoms with Crippen molar-refractivity contribution in [2.45, 2.75) is 18.9 Å². The maximum absolute atomic E-state index is 12.4. The standard InChI is InChI=1S/C15H19N3O2/c19-15(16-13-9-17-5-1-11(13)2-6-17)18-7-3-12-4-8-20-14(12)10-18/h3-4,7,10-11,13H,1-2,5-6,8-9H2,(H,16,19)/t13-/m1/s1. The van der Waals surface area contributed by atoms with E-state index in [4.69, 9.17) is 4.74 Å².